The van der Waals surface area contributed by atoms with Gasteiger partial charge in [-0.3, -0.25) is 9.59 Å². The summed E-state index contributed by atoms with van der Waals surface area (Å²) in [7, 11) is -5.20. The van der Waals surface area contributed by atoms with Crippen LogP contribution in [0.4, 0.5) is 21.5 Å². The Morgan fingerprint density at radius 2 is 1.56 bits per heavy atom. The first-order chi connectivity index (χ1) is 15.0. The number of rotatable bonds is 4. The normalized spacial score (nSPS) is 12.8. The number of benzene rings is 3. The van der Waals surface area contributed by atoms with Crippen molar-refractivity contribution in [2.24, 2.45) is 0 Å². The third kappa shape index (κ3) is 3.29. The second-order valence-electron chi connectivity index (χ2n) is 6.86. The van der Waals surface area contributed by atoms with E-state index < -0.39 is 55.2 Å². The first-order valence-electron chi connectivity index (χ1n) is 8.91. The zero-order valence-electron chi connectivity index (χ0n) is 15.9. The van der Waals surface area contributed by atoms with Crippen molar-refractivity contribution in [1.29, 1.82) is 0 Å². The minimum Gasteiger partial charge on any atom is -0.744 e. The molecule has 9 nitrogen and oxygen atoms in total. The van der Waals surface area contributed by atoms with Crippen molar-refractivity contribution in [3.05, 3.63) is 82.2 Å². The van der Waals surface area contributed by atoms with Gasteiger partial charge >= 0.3 is 5.97 Å². The summed E-state index contributed by atoms with van der Waals surface area (Å²) in [5.74, 6) is -3.78. The molecule has 0 heterocycles. The van der Waals surface area contributed by atoms with Gasteiger partial charge in [0.05, 0.1) is 38.6 Å². The Hall–Kier alpha value is -4.09. The van der Waals surface area contributed by atoms with Crippen LogP contribution in [-0.2, 0) is 10.1 Å². The monoisotopic (exact) mass is 455 g/mol. The van der Waals surface area contributed by atoms with Crippen molar-refractivity contribution in [1.82, 2.24) is 0 Å². The molecule has 0 aromatic heterocycles. The maximum absolute atomic E-state index is 13.8. The van der Waals surface area contributed by atoms with Crippen molar-refractivity contribution in [3.8, 4) is 0 Å². The zero-order chi connectivity index (χ0) is 23.4. The molecule has 1 aliphatic carbocycles. The molecule has 4 N–H and O–H groups in total. The van der Waals surface area contributed by atoms with E-state index in [2.05, 4.69) is 5.32 Å². The number of aromatic carboxylic acids is 1. The highest BCUT2D eigenvalue weighted by Gasteiger charge is 2.35. The quantitative estimate of drug-likeness (QED) is 0.309. The minimum absolute atomic E-state index is 0.00267. The average molecular weight is 455 g/mol. The summed E-state index contributed by atoms with van der Waals surface area (Å²) in [6.07, 6.45) is 0. The predicted molar refractivity (Wildman–Crippen MR) is 109 cm³/mol. The number of carbonyl (C=O) groups excluding carboxylic acids is 2. The molecular formula is C21H12FN2O7S-. The topological polar surface area (TPSA) is 167 Å². The molecular weight excluding hydrogens is 443 g/mol. The summed E-state index contributed by atoms with van der Waals surface area (Å²) in [5, 5.41) is 11.9. The lowest BCUT2D eigenvalue weighted by Gasteiger charge is -2.25. The Kier molecular flexibility index (Phi) is 4.79. The van der Waals surface area contributed by atoms with Crippen LogP contribution in [0.5, 0.6) is 0 Å². The van der Waals surface area contributed by atoms with E-state index in [1.807, 2.05) is 0 Å². The fourth-order valence-electron chi connectivity index (χ4n) is 3.55. The fraction of sp³-hybridized carbons (Fsp3) is 0. The number of nitrogens with one attached hydrogen (secondary N) is 1. The molecule has 0 unspecified atom stereocenters. The standard InChI is InChI=1S/C21H13FN2O7S/c22-9-5-6-12(21(27)28)13(7-9)24-14-8-15(32(29,30)31)18(23)17-16(14)19(25)10-3-1-2-4-11(10)20(17)26/h1-8,24H,23H2,(H,27,28)(H,29,30,31)/p-1. The molecule has 0 atom stereocenters. The van der Waals surface area contributed by atoms with Gasteiger partial charge in [0.25, 0.3) is 0 Å². The Morgan fingerprint density at radius 1 is 0.969 bits per heavy atom. The number of carboxylic acids is 1. The fourth-order valence-corrected chi connectivity index (χ4v) is 4.18. The second kappa shape index (κ2) is 7.25. The first kappa shape index (κ1) is 21.2. The van der Waals surface area contributed by atoms with Gasteiger partial charge in [0.2, 0.25) is 0 Å². The highest BCUT2D eigenvalue weighted by Crippen LogP contribution is 2.40. The van der Waals surface area contributed by atoms with Gasteiger partial charge in [-0.2, -0.15) is 0 Å². The molecule has 0 bridgehead atoms. The third-order valence-electron chi connectivity index (χ3n) is 4.95. The van der Waals surface area contributed by atoms with Gasteiger partial charge in [0.15, 0.2) is 11.6 Å². The molecule has 162 valence electrons. The number of hydrogen-bond acceptors (Lipinski definition) is 8. The van der Waals surface area contributed by atoms with Crippen molar-refractivity contribution in [3.63, 3.8) is 0 Å². The SMILES string of the molecule is Nc1c(S(=O)(=O)[O-])cc(Nc2cc(F)ccc2C(=O)O)c2c1C(=O)c1ccccc1C2=O. The van der Waals surface area contributed by atoms with Gasteiger partial charge in [0, 0.05) is 11.1 Å². The number of halogens is 1. The first-order valence-corrected chi connectivity index (χ1v) is 10.3. The van der Waals surface area contributed by atoms with E-state index in [4.69, 9.17) is 5.73 Å². The Balaban J connectivity index is 2.05. The van der Waals surface area contributed by atoms with Crippen LogP contribution in [0.2, 0.25) is 0 Å². The zero-order valence-corrected chi connectivity index (χ0v) is 16.7. The van der Waals surface area contributed by atoms with Gasteiger partial charge in [-0.25, -0.2) is 17.6 Å². The largest absolute Gasteiger partial charge is 0.744 e. The van der Waals surface area contributed by atoms with E-state index in [1.54, 1.807) is 0 Å². The number of hydrogen-bond donors (Lipinski definition) is 3. The molecule has 0 saturated carbocycles. The van der Waals surface area contributed by atoms with E-state index in [9.17, 15) is 36.9 Å². The summed E-state index contributed by atoms with van der Waals surface area (Å²) in [6.45, 7) is 0. The third-order valence-corrected chi connectivity index (χ3v) is 5.83. The molecule has 0 saturated heterocycles. The average Bonchev–Trinajstić information content (AvgIpc) is 2.72. The highest BCUT2D eigenvalue weighted by molar-refractivity contribution is 7.86. The summed E-state index contributed by atoms with van der Waals surface area (Å²) in [5.41, 5.74) is 3.09. The molecule has 0 spiro atoms. The number of ketones is 2. The van der Waals surface area contributed by atoms with Crippen molar-refractivity contribution >= 4 is 44.7 Å². The van der Waals surface area contributed by atoms with Gasteiger partial charge in [-0.1, -0.05) is 24.3 Å². The lowest BCUT2D eigenvalue weighted by atomic mass is 9.82. The predicted octanol–water partition coefficient (Wildman–Crippen LogP) is 2.53. The van der Waals surface area contributed by atoms with E-state index in [0.29, 0.717) is 0 Å². The van der Waals surface area contributed by atoms with E-state index in [1.165, 1.54) is 24.3 Å². The van der Waals surface area contributed by atoms with Crippen molar-refractivity contribution in [2.75, 3.05) is 11.1 Å². The molecule has 32 heavy (non-hydrogen) atoms. The molecule has 1 aliphatic rings. The van der Waals surface area contributed by atoms with E-state index in [0.717, 1.165) is 24.3 Å². The molecule has 4 rings (SSSR count). The lowest BCUT2D eigenvalue weighted by molar-refractivity contribution is 0.0697. The van der Waals surface area contributed by atoms with Gasteiger partial charge in [-0.15, -0.1) is 0 Å². The molecule has 3 aromatic rings. The van der Waals surface area contributed by atoms with Crippen LogP contribution in [0.15, 0.2) is 53.4 Å². The summed E-state index contributed by atoms with van der Waals surface area (Å²) >= 11 is 0. The van der Waals surface area contributed by atoms with Crippen LogP contribution in [0.25, 0.3) is 0 Å². The summed E-state index contributed by atoms with van der Waals surface area (Å²) in [6, 6.07) is 9.11. The molecule has 0 amide bonds. The maximum atomic E-state index is 13.8. The number of carboxylic acid groups (broad SMARTS) is 1. The molecule has 0 fully saturated rings. The van der Waals surface area contributed by atoms with E-state index in [-0.39, 0.29) is 28.1 Å². The minimum atomic E-state index is -5.20. The number of fused-ring (bicyclic) bond motifs is 2. The van der Waals surface area contributed by atoms with Gasteiger partial charge in [-0.05, 0) is 24.3 Å². The van der Waals surface area contributed by atoms with Crippen LogP contribution >= 0.6 is 0 Å². The van der Waals surface area contributed by atoms with Gasteiger partial charge in [0.1, 0.15) is 15.9 Å². The Morgan fingerprint density at radius 3 is 2.12 bits per heavy atom. The lowest BCUT2D eigenvalue weighted by Crippen LogP contribution is -2.25. The van der Waals surface area contributed by atoms with Crippen LogP contribution in [0, 0.1) is 5.82 Å². The highest BCUT2D eigenvalue weighted by atomic mass is 32.2. The number of anilines is 3. The van der Waals surface area contributed by atoms with Gasteiger partial charge < -0.3 is 20.7 Å². The number of nitrogens with two attached hydrogens (primary N) is 1. The van der Waals surface area contributed by atoms with E-state index >= 15 is 0 Å². The van der Waals surface area contributed by atoms with Crippen LogP contribution in [0.3, 0.4) is 0 Å². The number of carbonyl (C=O) groups is 3. The molecule has 0 radical (unpaired) electrons. The number of nitrogen functional groups attached to an aromatic ring is 1. The van der Waals surface area contributed by atoms with Crippen LogP contribution in [-0.4, -0.2) is 35.6 Å². The Labute approximate surface area is 180 Å². The summed E-state index contributed by atoms with van der Waals surface area (Å²) in [4.78, 5) is 36.8. The van der Waals surface area contributed by atoms with Crippen molar-refractivity contribution < 1.29 is 36.9 Å². The smallest absolute Gasteiger partial charge is 0.337 e. The Bertz CT molecular complexity index is 1470. The van der Waals surface area contributed by atoms with Crippen LogP contribution < -0.4 is 11.1 Å². The molecule has 0 aliphatic heterocycles. The molecule has 11 heteroatoms. The summed E-state index contributed by atoms with van der Waals surface area (Å²) < 4.78 is 49.2. The molecule has 3 aromatic carbocycles. The van der Waals surface area contributed by atoms with Crippen LogP contribution in [0.1, 0.15) is 42.2 Å². The van der Waals surface area contributed by atoms with Crippen molar-refractivity contribution in [2.45, 2.75) is 4.90 Å². The second-order valence-corrected chi connectivity index (χ2v) is 8.21. The maximum Gasteiger partial charge on any atom is 0.337 e.